The van der Waals surface area contributed by atoms with Crippen LogP contribution in [0.3, 0.4) is 0 Å². The number of hydrogen-bond acceptors (Lipinski definition) is 3. The Morgan fingerprint density at radius 3 is 2.40 bits per heavy atom. The molecule has 1 rings (SSSR count). The fourth-order valence-electron chi connectivity index (χ4n) is 1.48. The second-order valence-corrected chi connectivity index (χ2v) is 3.56. The zero-order valence-electron chi connectivity index (χ0n) is 9.54. The van der Waals surface area contributed by atoms with Gasteiger partial charge in [-0.1, -0.05) is 0 Å². The molecule has 0 radical (unpaired) electrons. The summed E-state index contributed by atoms with van der Waals surface area (Å²) in [6.07, 6.45) is -5.96. The summed E-state index contributed by atoms with van der Waals surface area (Å²) in [6, 6.07) is 2.06. The Morgan fingerprint density at radius 2 is 2.00 bits per heavy atom. The van der Waals surface area contributed by atoms with Gasteiger partial charge in [0.2, 0.25) is 0 Å². The first kappa shape index (κ1) is 15.7. The van der Waals surface area contributed by atoms with Crippen molar-refractivity contribution in [3.63, 3.8) is 0 Å². The third-order valence-corrected chi connectivity index (χ3v) is 2.19. The molecule has 0 aromatic heterocycles. The van der Waals surface area contributed by atoms with Gasteiger partial charge in [0.15, 0.2) is 0 Å². The van der Waals surface area contributed by atoms with E-state index >= 15 is 0 Å². The predicted molar refractivity (Wildman–Crippen MR) is 54.1 cm³/mol. The summed E-state index contributed by atoms with van der Waals surface area (Å²) in [4.78, 5) is 10.5. The second kappa shape index (κ2) is 5.73. The van der Waals surface area contributed by atoms with E-state index in [0.29, 0.717) is 6.07 Å². The van der Waals surface area contributed by atoms with Crippen molar-refractivity contribution in [2.24, 2.45) is 0 Å². The zero-order valence-corrected chi connectivity index (χ0v) is 9.54. The van der Waals surface area contributed by atoms with Gasteiger partial charge in [-0.05, 0) is 17.7 Å². The van der Waals surface area contributed by atoms with Gasteiger partial charge in [0.25, 0.3) is 0 Å². The second-order valence-electron chi connectivity index (χ2n) is 3.56. The van der Waals surface area contributed by atoms with Crippen LogP contribution in [-0.4, -0.2) is 17.7 Å². The third kappa shape index (κ3) is 3.81. The topological polar surface area (TPSA) is 70.3 Å². The molecule has 0 aliphatic carbocycles. The van der Waals surface area contributed by atoms with E-state index in [4.69, 9.17) is 10.4 Å². The van der Waals surface area contributed by atoms with Gasteiger partial charge >= 0.3 is 18.8 Å². The van der Waals surface area contributed by atoms with Gasteiger partial charge in [0, 0.05) is 0 Å². The summed E-state index contributed by atoms with van der Waals surface area (Å²) in [6.45, 7) is -3.35. The maximum Gasteiger partial charge on any atom is 0.416 e. The van der Waals surface area contributed by atoms with Gasteiger partial charge in [0.1, 0.15) is 11.8 Å². The molecule has 1 aromatic rings. The van der Waals surface area contributed by atoms with Crippen LogP contribution in [0.15, 0.2) is 12.1 Å². The van der Waals surface area contributed by atoms with Gasteiger partial charge in [-0.25, -0.2) is 0 Å². The molecule has 0 unspecified atom stereocenters. The van der Waals surface area contributed by atoms with Crippen molar-refractivity contribution < 1.29 is 36.6 Å². The highest BCUT2D eigenvalue weighted by Crippen LogP contribution is 2.36. The minimum absolute atomic E-state index is 0.288. The molecule has 0 atom stereocenters. The largest absolute Gasteiger partial charge is 0.481 e. The Bertz CT molecular complexity index is 562. The van der Waals surface area contributed by atoms with Crippen LogP contribution in [-0.2, 0) is 17.4 Å². The van der Waals surface area contributed by atoms with Crippen LogP contribution in [0.1, 0.15) is 16.7 Å². The SMILES string of the molecule is N#Cc1cc(C(F)(F)F)c(CC(=O)O)cc1OC(F)F. The van der Waals surface area contributed by atoms with Gasteiger partial charge in [-0.15, -0.1) is 0 Å². The zero-order chi connectivity index (χ0) is 15.5. The highest BCUT2D eigenvalue weighted by Gasteiger charge is 2.35. The summed E-state index contributed by atoms with van der Waals surface area (Å²) >= 11 is 0. The number of carbonyl (C=O) groups is 1. The quantitative estimate of drug-likeness (QED) is 0.867. The van der Waals surface area contributed by atoms with Gasteiger partial charge in [0.05, 0.1) is 17.5 Å². The molecular formula is C11H6F5NO3. The molecule has 0 amide bonds. The molecule has 20 heavy (non-hydrogen) atoms. The number of alkyl halides is 5. The summed E-state index contributed by atoms with van der Waals surface area (Å²) in [5.74, 6) is -2.38. The molecule has 1 N–H and O–H groups in total. The minimum atomic E-state index is -4.92. The molecule has 4 nitrogen and oxygen atoms in total. The molecule has 0 bridgehead atoms. The highest BCUT2D eigenvalue weighted by molar-refractivity contribution is 5.71. The van der Waals surface area contributed by atoms with E-state index in [1.807, 2.05) is 0 Å². The lowest BCUT2D eigenvalue weighted by Crippen LogP contribution is -2.14. The molecule has 1 aromatic carbocycles. The number of carboxylic acids is 1. The van der Waals surface area contributed by atoms with E-state index < -0.39 is 47.6 Å². The lowest BCUT2D eigenvalue weighted by molar-refractivity contribution is -0.139. The average Bonchev–Trinajstić information content (AvgIpc) is 2.25. The van der Waals surface area contributed by atoms with Gasteiger partial charge in [-0.3, -0.25) is 4.79 Å². The van der Waals surface area contributed by atoms with Gasteiger partial charge < -0.3 is 9.84 Å². The minimum Gasteiger partial charge on any atom is -0.481 e. The van der Waals surface area contributed by atoms with Crippen LogP contribution >= 0.6 is 0 Å². The van der Waals surface area contributed by atoms with E-state index in [-0.39, 0.29) is 6.07 Å². The number of nitriles is 1. The summed E-state index contributed by atoms with van der Waals surface area (Å²) in [5, 5.41) is 17.2. The number of carboxylic acid groups (broad SMARTS) is 1. The van der Waals surface area contributed by atoms with Crippen molar-refractivity contribution in [2.75, 3.05) is 0 Å². The normalized spacial score (nSPS) is 11.2. The summed E-state index contributed by atoms with van der Waals surface area (Å²) in [5.41, 5.74) is -2.90. The number of aliphatic carboxylic acids is 1. The van der Waals surface area contributed by atoms with Crippen LogP contribution in [0.4, 0.5) is 22.0 Å². The van der Waals surface area contributed by atoms with E-state index in [0.717, 1.165) is 0 Å². The Labute approximate surface area is 109 Å². The Hall–Kier alpha value is -2.37. The lowest BCUT2D eigenvalue weighted by atomic mass is 10.0. The first-order valence-corrected chi connectivity index (χ1v) is 4.96. The Morgan fingerprint density at radius 1 is 1.40 bits per heavy atom. The predicted octanol–water partition coefficient (Wildman–Crippen LogP) is 2.81. The number of ether oxygens (including phenoxy) is 1. The first-order valence-electron chi connectivity index (χ1n) is 4.96. The van der Waals surface area contributed by atoms with Gasteiger partial charge in [-0.2, -0.15) is 27.2 Å². The molecule has 0 saturated carbocycles. The van der Waals surface area contributed by atoms with Crippen molar-refractivity contribution in [1.82, 2.24) is 0 Å². The Kier molecular flexibility index (Phi) is 4.49. The Balaban J connectivity index is 3.45. The average molecular weight is 295 g/mol. The number of hydrogen-bond donors (Lipinski definition) is 1. The molecule has 0 aliphatic rings. The van der Waals surface area contributed by atoms with E-state index in [2.05, 4.69) is 4.74 Å². The lowest BCUT2D eigenvalue weighted by Gasteiger charge is -2.15. The van der Waals surface area contributed by atoms with Crippen LogP contribution in [0, 0.1) is 11.3 Å². The van der Waals surface area contributed by atoms with Crippen LogP contribution in [0.25, 0.3) is 0 Å². The van der Waals surface area contributed by atoms with Crippen molar-refractivity contribution in [3.05, 3.63) is 28.8 Å². The maximum absolute atomic E-state index is 12.7. The van der Waals surface area contributed by atoms with Crippen LogP contribution in [0.2, 0.25) is 0 Å². The van der Waals surface area contributed by atoms with E-state index in [1.165, 1.54) is 6.07 Å². The van der Waals surface area contributed by atoms with Crippen molar-refractivity contribution in [1.29, 1.82) is 5.26 Å². The molecule has 0 aliphatic heterocycles. The number of halogens is 5. The van der Waals surface area contributed by atoms with E-state index in [1.54, 1.807) is 0 Å². The molecule has 0 spiro atoms. The summed E-state index contributed by atoms with van der Waals surface area (Å²) in [7, 11) is 0. The standard InChI is InChI=1S/C11H6F5NO3/c12-10(13)20-8-2-5(3-9(18)19)7(11(14,15)16)1-6(8)4-17/h1-2,10H,3H2,(H,18,19). The molecule has 108 valence electrons. The third-order valence-electron chi connectivity index (χ3n) is 2.19. The van der Waals surface area contributed by atoms with Crippen LogP contribution < -0.4 is 4.74 Å². The highest BCUT2D eigenvalue weighted by atomic mass is 19.4. The monoisotopic (exact) mass is 295 g/mol. The fraction of sp³-hybridized carbons (Fsp3) is 0.273. The van der Waals surface area contributed by atoms with E-state index in [9.17, 15) is 26.7 Å². The van der Waals surface area contributed by atoms with Crippen molar-refractivity contribution >= 4 is 5.97 Å². The molecule has 0 saturated heterocycles. The first-order chi connectivity index (χ1) is 9.15. The maximum atomic E-state index is 12.7. The number of benzene rings is 1. The molecule has 9 heteroatoms. The van der Waals surface area contributed by atoms with Crippen molar-refractivity contribution in [3.8, 4) is 11.8 Å². The summed E-state index contributed by atoms with van der Waals surface area (Å²) < 4.78 is 66.3. The smallest absolute Gasteiger partial charge is 0.416 e. The molecule has 0 heterocycles. The number of rotatable bonds is 4. The fourth-order valence-corrected chi connectivity index (χ4v) is 1.48. The molecular weight excluding hydrogens is 289 g/mol. The number of nitrogens with zero attached hydrogens (tertiary/aromatic N) is 1. The van der Waals surface area contributed by atoms with Crippen LogP contribution in [0.5, 0.6) is 5.75 Å². The molecule has 0 fully saturated rings. The van der Waals surface area contributed by atoms with Crippen molar-refractivity contribution in [2.45, 2.75) is 19.2 Å².